The van der Waals surface area contributed by atoms with E-state index >= 15 is 0 Å². The van der Waals surface area contributed by atoms with Gasteiger partial charge in [0.05, 0.1) is 5.54 Å². The SMILES string of the molecule is Cl/C=C(\Cl)OC=C(c1ccccc1)c1ccccc1. The average Bonchev–Trinajstić information content (AvgIpc) is 2.49. The van der Waals surface area contributed by atoms with Crippen molar-refractivity contribution in [2.24, 2.45) is 0 Å². The zero-order valence-corrected chi connectivity index (χ0v) is 11.6. The Hall–Kier alpha value is -1.70. The van der Waals surface area contributed by atoms with Crippen LogP contribution >= 0.6 is 23.2 Å². The van der Waals surface area contributed by atoms with Crippen LogP contribution in [-0.2, 0) is 4.74 Å². The van der Waals surface area contributed by atoms with Crippen molar-refractivity contribution in [3.63, 3.8) is 0 Å². The van der Waals surface area contributed by atoms with Gasteiger partial charge in [-0.05, 0) is 22.7 Å². The van der Waals surface area contributed by atoms with Crippen LogP contribution in [0.3, 0.4) is 0 Å². The summed E-state index contributed by atoms with van der Waals surface area (Å²) in [4.78, 5) is 0. The van der Waals surface area contributed by atoms with E-state index in [1.807, 2.05) is 60.7 Å². The summed E-state index contributed by atoms with van der Waals surface area (Å²) in [5.74, 6) is 0. The van der Waals surface area contributed by atoms with Gasteiger partial charge in [-0.3, -0.25) is 0 Å². The van der Waals surface area contributed by atoms with Gasteiger partial charge >= 0.3 is 0 Å². The maximum Gasteiger partial charge on any atom is 0.204 e. The van der Waals surface area contributed by atoms with Gasteiger partial charge in [0.2, 0.25) is 5.22 Å². The Bertz CT molecular complexity index is 533. The minimum Gasteiger partial charge on any atom is -0.451 e. The van der Waals surface area contributed by atoms with Crippen molar-refractivity contribution in [2.75, 3.05) is 0 Å². The van der Waals surface area contributed by atoms with E-state index in [-0.39, 0.29) is 5.22 Å². The summed E-state index contributed by atoms with van der Waals surface area (Å²) in [7, 11) is 0. The predicted molar refractivity (Wildman–Crippen MR) is 80.8 cm³/mol. The highest BCUT2D eigenvalue weighted by Crippen LogP contribution is 2.24. The molecule has 96 valence electrons. The number of rotatable bonds is 4. The van der Waals surface area contributed by atoms with Crippen molar-refractivity contribution in [3.8, 4) is 0 Å². The Morgan fingerprint density at radius 3 is 1.74 bits per heavy atom. The zero-order chi connectivity index (χ0) is 13.5. The maximum atomic E-state index is 5.75. The van der Waals surface area contributed by atoms with Crippen LogP contribution < -0.4 is 0 Å². The third-order valence-electron chi connectivity index (χ3n) is 2.54. The topological polar surface area (TPSA) is 9.23 Å². The number of halogens is 2. The lowest BCUT2D eigenvalue weighted by Crippen LogP contribution is -1.89. The van der Waals surface area contributed by atoms with Crippen LogP contribution in [0.1, 0.15) is 11.1 Å². The zero-order valence-electron chi connectivity index (χ0n) is 10.1. The summed E-state index contributed by atoms with van der Waals surface area (Å²) in [5, 5.41) is 0.131. The molecule has 0 aliphatic carbocycles. The Morgan fingerprint density at radius 2 is 1.32 bits per heavy atom. The lowest BCUT2D eigenvalue weighted by Gasteiger charge is -2.08. The number of hydrogen-bond acceptors (Lipinski definition) is 1. The van der Waals surface area contributed by atoms with Gasteiger partial charge < -0.3 is 4.74 Å². The average molecular weight is 291 g/mol. The van der Waals surface area contributed by atoms with Gasteiger partial charge in [0, 0.05) is 5.57 Å². The normalized spacial score (nSPS) is 10.9. The van der Waals surface area contributed by atoms with Crippen molar-refractivity contribution in [2.45, 2.75) is 0 Å². The smallest absolute Gasteiger partial charge is 0.204 e. The second kappa shape index (κ2) is 7.03. The monoisotopic (exact) mass is 290 g/mol. The minimum atomic E-state index is 0.131. The van der Waals surface area contributed by atoms with E-state index in [1.165, 1.54) is 5.54 Å². The van der Waals surface area contributed by atoms with Crippen molar-refractivity contribution in [3.05, 3.63) is 88.8 Å². The maximum absolute atomic E-state index is 5.75. The molecule has 0 amide bonds. The second-order valence-electron chi connectivity index (χ2n) is 3.79. The second-order valence-corrected chi connectivity index (χ2v) is 4.39. The fourth-order valence-electron chi connectivity index (χ4n) is 1.68. The van der Waals surface area contributed by atoms with E-state index in [0.29, 0.717) is 0 Å². The van der Waals surface area contributed by atoms with Crippen LogP contribution in [0.15, 0.2) is 77.7 Å². The van der Waals surface area contributed by atoms with Gasteiger partial charge in [-0.15, -0.1) is 0 Å². The third kappa shape index (κ3) is 3.88. The molecule has 0 aliphatic heterocycles. The Morgan fingerprint density at radius 1 is 0.842 bits per heavy atom. The summed E-state index contributed by atoms with van der Waals surface area (Å²) in [6.07, 6.45) is 1.60. The summed E-state index contributed by atoms with van der Waals surface area (Å²) in [6, 6.07) is 19.9. The van der Waals surface area contributed by atoms with E-state index in [4.69, 9.17) is 27.9 Å². The van der Waals surface area contributed by atoms with Gasteiger partial charge in [0.15, 0.2) is 0 Å². The van der Waals surface area contributed by atoms with Crippen LogP contribution in [-0.4, -0.2) is 0 Å². The van der Waals surface area contributed by atoms with E-state index in [1.54, 1.807) is 6.26 Å². The first-order chi connectivity index (χ1) is 9.31. The van der Waals surface area contributed by atoms with E-state index in [0.717, 1.165) is 16.7 Å². The molecule has 0 spiro atoms. The summed E-state index contributed by atoms with van der Waals surface area (Å²) >= 11 is 11.2. The molecule has 19 heavy (non-hydrogen) atoms. The molecule has 2 aromatic rings. The molecule has 0 atom stereocenters. The van der Waals surface area contributed by atoms with Gasteiger partial charge in [-0.1, -0.05) is 72.3 Å². The van der Waals surface area contributed by atoms with Gasteiger partial charge in [-0.2, -0.15) is 0 Å². The molecule has 0 saturated carbocycles. The lowest BCUT2D eigenvalue weighted by molar-refractivity contribution is 0.388. The molecular weight excluding hydrogens is 279 g/mol. The Labute approximate surface area is 122 Å². The van der Waals surface area contributed by atoms with Crippen LogP contribution in [0.2, 0.25) is 0 Å². The van der Waals surface area contributed by atoms with Crippen molar-refractivity contribution in [1.29, 1.82) is 0 Å². The van der Waals surface area contributed by atoms with Crippen LogP contribution in [0, 0.1) is 0 Å². The molecule has 0 unspecified atom stereocenters. The molecule has 0 aromatic heterocycles. The first-order valence-corrected chi connectivity index (χ1v) is 6.56. The molecule has 0 fully saturated rings. The highest BCUT2D eigenvalue weighted by atomic mass is 35.5. The largest absolute Gasteiger partial charge is 0.451 e. The van der Waals surface area contributed by atoms with E-state index < -0.39 is 0 Å². The van der Waals surface area contributed by atoms with Crippen molar-refractivity contribution >= 4 is 28.8 Å². The third-order valence-corrected chi connectivity index (χ3v) is 3.05. The number of benzene rings is 2. The van der Waals surface area contributed by atoms with Gasteiger partial charge in [-0.25, -0.2) is 0 Å². The molecule has 1 nitrogen and oxygen atoms in total. The molecule has 0 bridgehead atoms. The number of ether oxygens (including phenoxy) is 1. The first-order valence-electron chi connectivity index (χ1n) is 5.75. The number of hydrogen-bond donors (Lipinski definition) is 0. The highest BCUT2D eigenvalue weighted by molar-refractivity contribution is 6.35. The first kappa shape index (κ1) is 13.7. The molecular formula is C16H12Cl2O. The fraction of sp³-hybridized carbons (Fsp3) is 0. The molecule has 2 aromatic carbocycles. The van der Waals surface area contributed by atoms with E-state index in [9.17, 15) is 0 Å². The van der Waals surface area contributed by atoms with Gasteiger partial charge in [0.1, 0.15) is 6.26 Å². The molecule has 0 heterocycles. The van der Waals surface area contributed by atoms with Crippen LogP contribution in [0.4, 0.5) is 0 Å². The van der Waals surface area contributed by atoms with E-state index in [2.05, 4.69) is 0 Å². The quantitative estimate of drug-likeness (QED) is 0.688. The fourth-order valence-corrected chi connectivity index (χ4v) is 1.78. The van der Waals surface area contributed by atoms with Crippen LogP contribution in [0.25, 0.3) is 5.57 Å². The van der Waals surface area contributed by atoms with Gasteiger partial charge in [0.25, 0.3) is 0 Å². The molecule has 0 N–H and O–H groups in total. The molecule has 2 rings (SSSR count). The molecule has 3 heteroatoms. The minimum absolute atomic E-state index is 0.131. The standard InChI is InChI=1S/C16H12Cl2O/c17-11-16(18)19-12-15(13-7-3-1-4-8-13)14-9-5-2-6-10-14/h1-12H/b16-11+. The van der Waals surface area contributed by atoms with Crippen molar-refractivity contribution in [1.82, 2.24) is 0 Å². The highest BCUT2D eigenvalue weighted by Gasteiger charge is 2.05. The van der Waals surface area contributed by atoms with Crippen molar-refractivity contribution < 1.29 is 4.74 Å². The lowest BCUT2D eigenvalue weighted by atomic mass is 9.99. The summed E-state index contributed by atoms with van der Waals surface area (Å²) in [6.45, 7) is 0. The Kier molecular flexibility index (Phi) is 5.08. The molecule has 0 aliphatic rings. The predicted octanol–water partition coefficient (Wildman–Crippen LogP) is 5.37. The summed E-state index contributed by atoms with van der Waals surface area (Å²) in [5.41, 5.74) is 4.23. The summed E-state index contributed by atoms with van der Waals surface area (Å²) < 4.78 is 5.29. The molecule has 0 radical (unpaired) electrons. The van der Waals surface area contributed by atoms with Crippen LogP contribution in [0.5, 0.6) is 0 Å². The Balaban J connectivity index is 2.40. The molecule has 0 saturated heterocycles.